The van der Waals surface area contributed by atoms with Gasteiger partial charge in [0.1, 0.15) is 6.04 Å². The monoisotopic (exact) mass is 234 g/mol. The third-order valence-corrected chi connectivity index (χ3v) is 3.00. The number of likely N-dealkylation sites (N-methyl/N-ethyl adjacent to an activating group) is 1. The van der Waals surface area contributed by atoms with Crippen LogP contribution in [0.1, 0.15) is 24.2 Å². The molecule has 1 aromatic rings. The van der Waals surface area contributed by atoms with Crippen LogP contribution in [-0.2, 0) is 4.79 Å². The molecule has 90 valence electrons. The zero-order valence-corrected chi connectivity index (χ0v) is 9.73. The Hall–Kier alpha value is -2.04. The number of carbonyl (C=O) groups excluding carboxylic acids is 1. The fourth-order valence-electron chi connectivity index (χ4n) is 2.13. The number of hydrogen-bond acceptors (Lipinski definition) is 3. The molecule has 1 aliphatic rings. The molecule has 0 spiro atoms. The third kappa shape index (κ3) is 1.73. The van der Waals surface area contributed by atoms with Gasteiger partial charge in [-0.05, 0) is 26.0 Å². The van der Waals surface area contributed by atoms with Crippen LogP contribution in [0.25, 0.3) is 0 Å². The fraction of sp³-hybridized carbons (Fsp3) is 0.333. The average Bonchev–Trinajstić information content (AvgIpc) is 2.30. The number of aromatic carboxylic acids is 1. The highest BCUT2D eigenvalue weighted by molar-refractivity contribution is 6.08. The molecule has 1 aliphatic heterocycles. The summed E-state index contributed by atoms with van der Waals surface area (Å²) in [5.74, 6) is -1.09. The number of fused-ring (bicyclic) bond motifs is 1. The summed E-state index contributed by atoms with van der Waals surface area (Å²) < 4.78 is 0. The summed E-state index contributed by atoms with van der Waals surface area (Å²) in [6, 6.07) is 4.54. The largest absolute Gasteiger partial charge is 0.478 e. The smallest absolute Gasteiger partial charge is 0.337 e. The molecule has 0 saturated heterocycles. The van der Waals surface area contributed by atoms with E-state index in [1.165, 1.54) is 0 Å². The lowest BCUT2D eigenvalue weighted by atomic mass is 10.0. The van der Waals surface area contributed by atoms with Crippen molar-refractivity contribution < 1.29 is 14.7 Å². The highest BCUT2D eigenvalue weighted by Gasteiger charge is 2.31. The van der Waals surface area contributed by atoms with E-state index in [1.54, 1.807) is 30.0 Å². The summed E-state index contributed by atoms with van der Waals surface area (Å²) in [6.07, 6.45) is 0. The number of carboxylic acids is 1. The van der Waals surface area contributed by atoms with Crippen LogP contribution >= 0.6 is 0 Å². The van der Waals surface area contributed by atoms with E-state index in [4.69, 9.17) is 5.11 Å². The summed E-state index contributed by atoms with van der Waals surface area (Å²) in [5.41, 5.74) is 1.38. The van der Waals surface area contributed by atoms with Crippen molar-refractivity contribution in [3.05, 3.63) is 23.8 Å². The van der Waals surface area contributed by atoms with Gasteiger partial charge in [0.15, 0.2) is 0 Å². The van der Waals surface area contributed by atoms with Gasteiger partial charge in [-0.15, -0.1) is 0 Å². The number of para-hydroxylation sites is 1. The van der Waals surface area contributed by atoms with Gasteiger partial charge < -0.3 is 15.3 Å². The number of nitrogens with zero attached hydrogens (tertiary/aromatic N) is 1. The van der Waals surface area contributed by atoms with Gasteiger partial charge in [-0.25, -0.2) is 4.79 Å². The van der Waals surface area contributed by atoms with Crippen molar-refractivity contribution in [2.45, 2.75) is 19.9 Å². The summed E-state index contributed by atoms with van der Waals surface area (Å²) in [4.78, 5) is 24.7. The quantitative estimate of drug-likeness (QED) is 0.814. The molecule has 1 aromatic carbocycles. The van der Waals surface area contributed by atoms with E-state index in [2.05, 4.69) is 5.32 Å². The highest BCUT2D eigenvalue weighted by atomic mass is 16.4. The van der Waals surface area contributed by atoms with Gasteiger partial charge in [-0.3, -0.25) is 4.79 Å². The minimum Gasteiger partial charge on any atom is -0.478 e. The van der Waals surface area contributed by atoms with Crippen LogP contribution in [0.4, 0.5) is 11.4 Å². The molecule has 0 saturated carbocycles. The first kappa shape index (κ1) is 11.4. The van der Waals surface area contributed by atoms with Gasteiger partial charge in [-0.1, -0.05) is 6.07 Å². The number of hydrogen-bond donors (Lipinski definition) is 2. The van der Waals surface area contributed by atoms with Crippen LogP contribution in [0.2, 0.25) is 0 Å². The zero-order valence-electron chi connectivity index (χ0n) is 9.73. The second kappa shape index (κ2) is 4.08. The maximum Gasteiger partial charge on any atom is 0.337 e. The van der Waals surface area contributed by atoms with E-state index in [0.717, 1.165) is 0 Å². The van der Waals surface area contributed by atoms with Gasteiger partial charge in [-0.2, -0.15) is 0 Å². The molecular weight excluding hydrogens is 220 g/mol. The molecule has 0 aliphatic carbocycles. The Bertz CT molecular complexity index is 485. The lowest BCUT2D eigenvalue weighted by Gasteiger charge is -2.36. The molecular formula is C12H14N2O3. The molecule has 2 rings (SSSR count). The van der Waals surface area contributed by atoms with Crippen LogP contribution in [0.5, 0.6) is 0 Å². The number of amides is 1. The predicted molar refractivity (Wildman–Crippen MR) is 64.5 cm³/mol. The lowest BCUT2D eigenvalue weighted by Crippen LogP contribution is -2.46. The number of carbonyl (C=O) groups is 2. The molecule has 0 radical (unpaired) electrons. The van der Waals surface area contributed by atoms with Crippen molar-refractivity contribution in [1.82, 2.24) is 0 Å². The maximum atomic E-state index is 11.7. The first-order valence-corrected chi connectivity index (χ1v) is 5.50. The number of nitrogens with one attached hydrogen (secondary N) is 1. The molecule has 1 amide bonds. The van der Waals surface area contributed by atoms with Crippen LogP contribution in [0.15, 0.2) is 18.2 Å². The van der Waals surface area contributed by atoms with Gasteiger partial charge in [0, 0.05) is 6.54 Å². The van der Waals surface area contributed by atoms with Crippen molar-refractivity contribution in [3.8, 4) is 0 Å². The number of carboxylic acid groups (broad SMARTS) is 1. The second-order valence-corrected chi connectivity index (χ2v) is 3.96. The SMILES string of the molecule is CCN1c2c(cccc2C(=O)O)NC(=O)C1C. The van der Waals surface area contributed by atoms with Crippen molar-refractivity contribution in [1.29, 1.82) is 0 Å². The molecule has 0 aromatic heterocycles. The highest BCUT2D eigenvalue weighted by Crippen LogP contribution is 2.35. The minimum absolute atomic E-state index is 0.109. The van der Waals surface area contributed by atoms with Gasteiger partial charge in [0.05, 0.1) is 16.9 Å². The Morgan fingerprint density at radius 2 is 2.24 bits per heavy atom. The molecule has 0 fully saturated rings. The molecule has 5 nitrogen and oxygen atoms in total. The number of anilines is 2. The Labute approximate surface area is 99.0 Å². The van der Waals surface area contributed by atoms with E-state index in [1.807, 2.05) is 6.92 Å². The molecule has 17 heavy (non-hydrogen) atoms. The minimum atomic E-state index is -0.983. The Balaban J connectivity index is 2.62. The summed E-state index contributed by atoms with van der Waals surface area (Å²) in [7, 11) is 0. The van der Waals surface area contributed by atoms with Crippen LogP contribution in [0, 0.1) is 0 Å². The average molecular weight is 234 g/mol. The summed E-state index contributed by atoms with van der Waals surface area (Å²) >= 11 is 0. The Morgan fingerprint density at radius 3 is 2.82 bits per heavy atom. The lowest BCUT2D eigenvalue weighted by molar-refractivity contribution is -0.117. The van der Waals surface area contributed by atoms with Crippen molar-refractivity contribution in [2.75, 3.05) is 16.8 Å². The van der Waals surface area contributed by atoms with E-state index in [0.29, 0.717) is 17.9 Å². The summed E-state index contributed by atoms with van der Waals surface area (Å²) in [6.45, 7) is 4.25. The molecule has 2 N–H and O–H groups in total. The topological polar surface area (TPSA) is 69.6 Å². The second-order valence-electron chi connectivity index (χ2n) is 3.96. The molecule has 1 heterocycles. The van der Waals surface area contributed by atoms with Crippen molar-refractivity contribution >= 4 is 23.3 Å². The Morgan fingerprint density at radius 1 is 1.53 bits per heavy atom. The first-order valence-electron chi connectivity index (χ1n) is 5.50. The standard InChI is InChI=1S/C12H14N2O3/c1-3-14-7(2)11(15)13-9-6-4-5-8(10(9)14)12(16)17/h4-7H,3H2,1-2H3,(H,13,15)(H,16,17). The molecule has 1 unspecified atom stereocenters. The first-order chi connectivity index (χ1) is 8.06. The Kier molecular flexibility index (Phi) is 2.75. The predicted octanol–water partition coefficient (Wildman–Crippen LogP) is 1.55. The van der Waals surface area contributed by atoms with E-state index in [-0.39, 0.29) is 17.5 Å². The van der Waals surface area contributed by atoms with Crippen LogP contribution in [0.3, 0.4) is 0 Å². The maximum absolute atomic E-state index is 11.7. The van der Waals surface area contributed by atoms with E-state index in [9.17, 15) is 9.59 Å². The van der Waals surface area contributed by atoms with Gasteiger partial charge in [0.2, 0.25) is 5.91 Å². The molecule has 1 atom stereocenters. The summed E-state index contributed by atoms with van der Waals surface area (Å²) in [5, 5.41) is 11.9. The number of benzene rings is 1. The third-order valence-electron chi connectivity index (χ3n) is 3.00. The van der Waals surface area contributed by atoms with Crippen LogP contribution < -0.4 is 10.2 Å². The van der Waals surface area contributed by atoms with Crippen LogP contribution in [-0.4, -0.2) is 29.6 Å². The molecule has 5 heteroatoms. The zero-order chi connectivity index (χ0) is 12.6. The van der Waals surface area contributed by atoms with E-state index >= 15 is 0 Å². The normalized spacial score (nSPS) is 18.6. The van der Waals surface area contributed by atoms with E-state index < -0.39 is 5.97 Å². The van der Waals surface area contributed by atoms with Gasteiger partial charge in [0.25, 0.3) is 0 Å². The van der Waals surface area contributed by atoms with Gasteiger partial charge >= 0.3 is 5.97 Å². The van der Waals surface area contributed by atoms with Crippen molar-refractivity contribution in [2.24, 2.45) is 0 Å². The molecule has 0 bridgehead atoms. The number of rotatable bonds is 2. The fourth-order valence-corrected chi connectivity index (χ4v) is 2.13. The van der Waals surface area contributed by atoms with Crippen molar-refractivity contribution in [3.63, 3.8) is 0 Å².